The van der Waals surface area contributed by atoms with E-state index in [1.807, 2.05) is 37.1 Å². The molecule has 1 heterocycles. The highest BCUT2D eigenvalue weighted by Gasteiger charge is 2.09. The second kappa shape index (κ2) is 4.91. The summed E-state index contributed by atoms with van der Waals surface area (Å²) in [4.78, 5) is 10.1. The average Bonchev–Trinajstić information content (AvgIpc) is 2.37. The van der Waals surface area contributed by atoms with E-state index in [-0.39, 0.29) is 5.95 Å². The van der Waals surface area contributed by atoms with Crippen LogP contribution in [0.3, 0.4) is 0 Å². The monoisotopic (exact) mass is 244 g/mol. The van der Waals surface area contributed by atoms with E-state index in [2.05, 4.69) is 16.0 Å². The van der Waals surface area contributed by atoms with Crippen molar-refractivity contribution in [1.82, 2.24) is 9.97 Å². The predicted molar refractivity (Wildman–Crippen MR) is 72.2 cm³/mol. The molecule has 0 saturated carbocycles. The second-order valence-corrected chi connectivity index (χ2v) is 4.02. The van der Waals surface area contributed by atoms with Crippen molar-refractivity contribution in [1.29, 1.82) is 0 Å². The van der Waals surface area contributed by atoms with E-state index < -0.39 is 0 Å². The van der Waals surface area contributed by atoms with Crippen LogP contribution in [0.2, 0.25) is 0 Å². The van der Waals surface area contributed by atoms with Crippen LogP contribution in [0.1, 0.15) is 5.56 Å². The quantitative estimate of drug-likeness (QED) is 0.896. The minimum atomic E-state index is 0.198. The maximum atomic E-state index is 5.65. The first kappa shape index (κ1) is 12.2. The molecule has 0 unspecified atom stereocenters. The maximum Gasteiger partial charge on any atom is 0.225 e. The van der Waals surface area contributed by atoms with Gasteiger partial charge in [-0.25, -0.2) is 0 Å². The third kappa shape index (κ3) is 2.51. The van der Waals surface area contributed by atoms with Crippen LogP contribution >= 0.6 is 0 Å². The molecule has 2 N–H and O–H groups in total. The number of hydrogen-bond donors (Lipinski definition) is 1. The topological polar surface area (TPSA) is 64.3 Å². The third-order valence-corrected chi connectivity index (χ3v) is 2.65. The predicted octanol–water partition coefficient (Wildman–Crippen LogP) is 2.14. The molecule has 0 aliphatic carbocycles. The number of methoxy groups -OCH3 is 1. The zero-order valence-electron chi connectivity index (χ0n) is 10.7. The zero-order valence-corrected chi connectivity index (χ0v) is 10.7. The number of aromatic nitrogens is 2. The molecule has 0 radical (unpaired) electrons. The van der Waals surface area contributed by atoms with E-state index in [1.165, 1.54) is 5.56 Å². The minimum Gasteiger partial charge on any atom is -0.481 e. The van der Waals surface area contributed by atoms with Gasteiger partial charge in [-0.05, 0) is 24.6 Å². The summed E-state index contributed by atoms with van der Waals surface area (Å²) in [5.74, 6) is 1.35. The molecule has 0 spiro atoms. The molecule has 18 heavy (non-hydrogen) atoms. The van der Waals surface area contributed by atoms with Gasteiger partial charge in [0.05, 0.1) is 7.11 Å². The fourth-order valence-electron chi connectivity index (χ4n) is 1.68. The molecule has 5 nitrogen and oxygen atoms in total. The van der Waals surface area contributed by atoms with Gasteiger partial charge in [-0.1, -0.05) is 12.1 Å². The van der Waals surface area contributed by atoms with Crippen LogP contribution in [0.15, 0.2) is 30.3 Å². The highest BCUT2D eigenvalue weighted by Crippen LogP contribution is 2.25. The van der Waals surface area contributed by atoms with E-state index in [9.17, 15) is 0 Å². The van der Waals surface area contributed by atoms with Crippen LogP contribution in [0.5, 0.6) is 5.88 Å². The Morgan fingerprint density at radius 1 is 1.22 bits per heavy atom. The SMILES string of the molecule is COc1cc(N(C)c2cccc(C)c2)nc(N)n1. The van der Waals surface area contributed by atoms with E-state index in [0.29, 0.717) is 11.7 Å². The largest absolute Gasteiger partial charge is 0.481 e. The summed E-state index contributed by atoms with van der Waals surface area (Å²) in [6, 6.07) is 9.89. The molecule has 0 fully saturated rings. The molecule has 1 aromatic carbocycles. The summed E-state index contributed by atoms with van der Waals surface area (Å²) in [5, 5.41) is 0. The van der Waals surface area contributed by atoms with Gasteiger partial charge in [-0.15, -0.1) is 0 Å². The number of hydrogen-bond acceptors (Lipinski definition) is 5. The first-order valence-corrected chi connectivity index (χ1v) is 5.59. The summed E-state index contributed by atoms with van der Waals surface area (Å²) in [6.07, 6.45) is 0. The number of nitrogens with zero attached hydrogens (tertiary/aromatic N) is 3. The number of ether oxygens (including phenoxy) is 1. The molecular weight excluding hydrogens is 228 g/mol. The lowest BCUT2D eigenvalue weighted by molar-refractivity contribution is 0.398. The van der Waals surface area contributed by atoms with Gasteiger partial charge in [0, 0.05) is 18.8 Å². The fourth-order valence-corrected chi connectivity index (χ4v) is 1.68. The van der Waals surface area contributed by atoms with Crippen molar-refractivity contribution in [3.63, 3.8) is 0 Å². The number of aryl methyl sites for hydroxylation is 1. The Hall–Kier alpha value is -2.30. The van der Waals surface area contributed by atoms with Crippen LogP contribution in [0.25, 0.3) is 0 Å². The van der Waals surface area contributed by atoms with Crippen molar-refractivity contribution in [2.45, 2.75) is 6.92 Å². The molecule has 0 amide bonds. The second-order valence-electron chi connectivity index (χ2n) is 4.02. The van der Waals surface area contributed by atoms with Gasteiger partial charge < -0.3 is 15.4 Å². The molecule has 0 aliphatic rings. The van der Waals surface area contributed by atoms with Gasteiger partial charge in [0.15, 0.2) is 0 Å². The van der Waals surface area contributed by atoms with Gasteiger partial charge in [-0.2, -0.15) is 9.97 Å². The van der Waals surface area contributed by atoms with Crippen LogP contribution < -0.4 is 15.4 Å². The Bertz CT molecular complexity index is 556. The van der Waals surface area contributed by atoms with Crippen molar-refractivity contribution in [2.24, 2.45) is 0 Å². The van der Waals surface area contributed by atoms with Crippen LogP contribution in [-0.2, 0) is 0 Å². The third-order valence-electron chi connectivity index (χ3n) is 2.65. The highest BCUT2D eigenvalue weighted by molar-refractivity contribution is 5.61. The highest BCUT2D eigenvalue weighted by atomic mass is 16.5. The summed E-state index contributed by atoms with van der Waals surface area (Å²) in [7, 11) is 3.48. The Balaban J connectivity index is 2.39. The number of nitrogens with two attached hydrogens (primary N) is 1. The minimum absolute atomic E-state index is 0.198. The smallest absolute Gasteiger partial charge is 0.225 e. The van der Waals surface area contributed by atoms with E-state index in [1.54, 1.807) is 13.2 Å². The molecule has 0 aliphatic heterocycles. The van der Waals surface area contributed by atoms with Gasteiger partial charge in [0.25, 0.3) is 0 Å². The summed E-state index contributed by atoms with van der Waals surface area (Å²) in [5.41, 5.74) is 7.88. The lowest BCUT2D eigenvalue weighted by Gasteiger charge is -2.19. The molecule has 5 heteroatoms. The summed E-state index contributed by atoms with van der Waals surface area (Å²) in [6.45, 7) is 2.05. The van der Waals surface area contributed by atoms with Crippen molar-refractivity contribution in [3.8, 4) is 5.88 Å². The summed E-state index contributed by atoms with van der Waals surface area (Å²) >= 11 is 0. The molecule has 2 rings (SSSR count). The number of anilines is 3. The van der Waals surface area contributed by atoms with Crippen LogP contribution in [-0.4, -0.2) is 24.1 Å². The maximum absolute atomic E-state index is 5.65. The molecular formula is C13H16N4O. The molecule has 94 valence electrons. The van der Waals surface area contributed by atoms with Gasteiger partial charge in [-0.3, -0.25) is 0 Å². The van der Waals surface area contributed by atoms with E-state index in [4.69, 9.17) is 10.5 Å². The van der Waals surface area contributed by atoms with Crippen LogP contribution in [0.4, 0.5) is 17.5 Å². The van der Waals surface area contributed by atoms with Crippen LogP contribution in [0, 0.1) is 6.92 Å². The Morgan fingerprint density at radius 3 is 2.67 bits per heavy atom. The first-order chi connectivity index (χ1) is 8.60. The molecule has 2 aromatic rings. The van der Waals surface area contributed by atoms with Crippen molar-refractivity contribution < 1.29 is 4.74 Å². The Kier molecular flexibility index (Phi) is 3.32. The van der Waals surface area contributed by atoms with Crippen molar-refractivity contribution >= 4 is 17.5 Å². The normalized spacial score (nSPS) is 10.2. The lowest BCUT2D eigenvalue weighted by atomic mass is 10.2. The average molecular weight is 244 g/mol. The number of rotatable bonds is 3. The molecule has 0 saturated heterocycles. The number of benzene rings is 1. The molecule has 0 bridgehead atoms. The Labute approximate surface area is 106 Å². The van der Waals surface area contributed by atoms with Gasteiger partial charge >= 0.3 is 0 Å². The van der Waals surface area contributed by atoms with E-state index >= 15 is 0 Å². The van der Waals surface area contributed by atoms with Crippen molar-refractivity contribution in [3.05, 3.63) is 35.9 Å². The fraction of sp³-hybridized carbons (Fsp3) is 0.231. The van der Waals surface area contributed by atoms with E-state index in [0.717, 1.165) is 5.69 Å². The summed E-state index contributed by atoms with van der Waals surface area (Å²) < 4.78 is 5.09. The lowest BCUT2D eigenvalue weighted by Crippen LogP contribution is -2.13. The molecule has 1 aromatic heterocycles. The Morgan fingerprint density at radius 2 is 2.00 bits per heavy atom. The molecule has 0 atom stereocenters. The zero-order chi connectivity index (χ0) is 13.1. The number of nitrogen functional groups attached to an aromatic ring is 1. The van der Waals surface area contributed by atoms with Gasteiger partial charge in [0.2, 0.25) is 11.8 Å². The van der Waals surface area contributed by atoms with Gasteiger partial charge in [0.1, 0.15) is 5.82 Å². The van der Waals surface area contributed by atoms with Crippen molar-refractivity contribution in [2.75, 3.05) is 24.8 Å². The standard InChI is InChI=1S/C13H16N4O/c1-9-5-4-6-10(7-9)17(2)11-8-12(18-3)16-13(14)15-11/h4-8H,1-3H3,(H2,14,15,16). The first-order valence-electron chi connectivity index (χ1n) is 5.59.